The number of aromatic amines is 1. The van der Waals surface area contributed by atoms with Crippen LogP contribution >= 0.6 is 11.3 Å². The van der Waals surface area contributed by atoms with Gasteiger partial charge in [-0.3, -0.25) is 9.78 Å². The Morgan fingerprint density at radius 1 is 1.27 bits per heavy atom. The summed E-state index contributed by atoms with van der Waals surface area (Å²) >= 11 is 1.62. The molecule has 1 fully saturated rings. The van der Waals surface area contributed by atoms with Crippen molar-refractivity contribution < 1.29 is 4.74 Å². The number of piperidine rings is 1. The fourth-order valence-electron chi connectivity index (χ4n) is 4.03. The van der Waals surface area contributed by atoms with E-state index in [-0.39, 0.29) is 16.9 Å². The second kappa shape index (κ2) is 8.85. The molecule has 1 aromatic carbocycles. The first-order valence-electron chi connectivity index (χ1n) is 9.97. The molecule has 0 radical (unpaired) electrons. The molecule has 3 aromatic rings. The number of nitrogens with zero attached hydrogens (tertiary/aromatic N) is 3. The second-order valence-electron chi connectivity index (χ2n) is 7.38. The highest BCUT2D eigenvalue weighted by atomic mass is 32.1. The molecular formula is C21H26N6O2S. The summed E-state index contributed by atoms with van der Waals surface area (Å²) in [6, 6.07) is 12.0. The second-order valence-corrected chi connectivity index (χ2v) is 8.24. The predicted molar refractivity (Wildman–Crippen MR) is 120 cm³/mol. The van der Waals surface area contributed by atoms with Gasteiger partial charge in [-0.1, -0.05) is 30.3 Å². The molecule has 0 spiro atoms. The van der Waals surface area contributed by atoms with E-state index in [0.717, 1.165) is 43.3 Å². The van der Waals surface area contributed by atoms with Crippen LogP contribution in [-0.2, 0) is 10.2 Å². The van der Waals surface area contributed by atoms with Crippen LogP contribution in [0.5, 0.6) is 0 Å². The SMILES string of the molecule is COCCNc1nc(C2(c3ccccc3)CCN(c3cc(=O)[nH]c(N)n3)CC2)cs1. The van der Waals surface area contributed by atoms with E-state index in [2.05, 4.69) is 49.8 Å². The third-order valence-electron chi connectivity index (χ3n) is 5.59. The van der Waals surface area contributed by atoms with Gasteiger partial charge in [0.1, 0.15) is 5.82 Å². The van der Waals surface area contributed by atoms with Gasteiger partial charge < -0.3 is 20.7 Å². The van der Waals surface area contributed by atoms with Crippen molar-refractivity contribution in [1.82, 2.24) is 15.0 Å². The Morgan fingerprint density at radius 3 is 2.73 bits per heavy atom. The number of aromatic nitrogens is 3. The highest BCUT2D eigenvalue weighted by Crippen LogP contribution is 2.43. The van der Waals surface area contributed by atoms with Crippen LogP contribution in [0, 0.1) is 0 Å². The fraction of sp³-hybridized carbons (Fsp3) is 0.381. The van der Waals surface area contributed by atoms with E-state index < -0.39 is 0 Å². The lowest BCUT2D eigenvalue weighted by molar-refractivity contribution is 0.211. The minimum atomic E-state index is -0.233. The molecule has 4 rings (SSSR count). The van der Waals surface area contributed by atoms with Crippen molar-refractivity contribution in [1.29, 1.82) is 0 Å². The van der Waals surface area contributed by atoms with E-state index in [9.17, 15) is 4.79 Å². The van der Waals surface area contributed by atoms with Crippen LogP contribution in [0.15, 0.2) is 46.6 Å². The Kier molecular flexibility index (Phi) is 6.01. The lowest BCUT2D eigenvalue weighted by atomic mass is 9.70. The highest BCUT2D eigenvalue weighted by Gasteiger charge is 2.40. The third kappa shape index (κ3) is 4.17. The van der Waals surface area contributed by atoms with Crippen molar-refractivity contribution >= 4 is 28.2 Å². The summed E-state index contributed by atoms with van der Waals surface area (Å²) in [5.41, 5.74) is 7.67. The lowest BCUT2D eigenvalue weighted by Crippen LogP contribution is -2.44. The van der Waals surface area contributed by atoms with Crippen LogP contribution in [0.2, 0.25) is 0 Å². The molecule has 1 saturated heterocycles. The molecule has 1 aliphatic rings. The summed E-state index contributed by atoms with van der Waals surface area (Å²) in [5, 5.41) is 6.39. The van der Waals surface area contributed by atoms with Crippen LogP contribution in [0.1, 0.15) is 24.1 Å². The summed E-state index contributed by atoms with van der Waals surface area (Å²) in [6.45, 7) is 2.88. The lowest BCUT2D eigenvalue weighted by Gasteiger charge is -2.41. The van der Waals surface area contributed by atoms with Crippen LogP contribution in [-0.4, -0.2) is 48.3 Å². The summed E-state index contributed by atoms with van der Waals surface area (Å²) in [4.78, 5) is 25.7. The molecule has 0 unspecified atom stereocenters. The van der Waals surface area contributed by atoms with Gasteiger partial charge in [0.15, 0.2) is 5.13 Å². The molecule has 9 heteroatoms. The first-order chi connectivity index (χ1) is 14.6. The molecule has 3 heterocycles. The van der Waals surface area contributed by atoms with Gasteiger partial charge in [0.25, 0.3) is 5.56 Å². The number of hydrogen-bond acceptors (Lipinski definition) is 8. The van der Waals surface area contributed by atoms with E-state index in [0.29, 0.717) is 12.4 Å². The summed E-state index contributed by atoms with van der Waals surface area (Å²) in [7, 11) is 1.69. The predicted octanol–water partition coefficient (Wildman–Crippen LogP) is 2.45. The zero-order chi connectivity index (χ0) is 21.0. The van der Waals surface area contributed by atoms with Gasteiger partial charge in [-0.15, -0.1) is 11.3 Å². The molecule has 30 heavy (non-hydrogen) atoms. The number of nitrogens with one attached hydrogen (secondary N) is 2. The number of ether oxygens (including phenoxy) is 1. The molecule has 2 aromatic heterocycles. The van der Waals surface area contributed by atoms with Crippen LogP contribution in [0.4, 0.5) is 16.9 Å². The van der Waals surface area contributed by atoms with Crippen LogP contribution < -0.4 is 21.5 Å². The molecule has 8 nitrogen and oxygen atoms in total. The van der Waals surface area contributed by atoms with E-state index in [1.807, 2.05) is 6.07 Å². The monoisotopic (exact) mass is 426 g/mol. The average molecular weight is 427 g/mol. The summed E-state index contributed by atoms with van der Waals surface area (Å²) in [6.07, 6.45) is 1.74. The molecular weight excluding hydrogens is 400 g/mol. The molecule has 1 aliphatic heterocycles. The first-order valence-corrected chi connectivity index (χ1v) is 10.8. The van der Waals surface area contributed by atoms with Gasteiger partial charge in [-0.2, -0.15) is 4.98 Å². The van der Waals surface area contributed by atoms with Gasteiger partial charge in [-0.25, -0.2) is 4.98 Å². The molecule has 4 N–H and O–H groups in total. The molecule has 0 atom stereocenters. The maximum absolute atomic E-state index is 11.8. The van der Waals surface area contributed by atoms with E-state index >= 15 is 0 Å². The number of nitrogen functional groups attached to an aromatic ring is 1. The summed E-state index contributed by atoms with van der Waals surface area (Å²) < 4.78 is 5.12. The van der Waals surface area contributed by atoms with Crippen molar-refractivity contribution in [3.8, 4) is 0 Å². The van der Waals surface area contributed by atoms with E-state index in [1.165, 1.54) is 11.6 Å². The highest BCUT2D eigenvalue weighted by molar-refractivity contribution is 7.13. The van der Waals surface area contributed by atoms with E-state index in [1.54, 1.807) is 18.4 Å². The normalized spacial score (nSPS) is 15.8. The fourth-order valence-corrected chi connectivity index (χ4v) is 4.87. The van der Waals surface area contributed by atoms with E-state index in [4.69, 9.17) is 15.5 Å². The van der Waals surface area contributed by atoms with Gasteiger partial charge in [-0.05, 0) is 18.4 Å². The summed E-state index contributed by atoms with van der Waals surface area (Å²) in [5.74, 6) is 0.766. The van der Waals surface area contributed by atoms with Crippen molar-refractivity contribution in [2.24, 2.45) is 0 Å². The number of anilines is 3. The zero-order valence-electron chi connectivity index (χ0n) is 16.9. The van der Waals surface area contributed by atoms with Crippen molar-refractivity contribution in [3.05, 3.63) is 63.4 Å². The Morgan fingerprint density at radius 2 is 2.03 bits per heavy atom. The Bertz CT molecular complexity index is 1030. The zero-order valence-corrected chi connectivity index (χ0v) is 17.7. The number of methoxy groups -OCH3 is 1. The van der Waals surface area contributed by atoms with Crippen molar-refractivity contribution in [2.45, 2.75) is 18.3 Å². The van der Waals surface area contributed by atoms with Crippen LogP contribution in [0.3, 0.4) is 0 Å². The largest absolute Gasteiger partial charge is 0.383 e. The van der Waals surface area contributed by atoms with Gasteiger partial charge in [0.2, 0.25) is 5.95 Å². The van der Waals surface area contributed by atoms with Crippen LogP contribution in [0.25, 0.3) is 0 Å². The minimum Gasteiger partial charge on any atom is -0.383 e. The van der Waals surface area contributed by atoms with Gasteiger partial charge in [0.05, 0.1) is 12.3 Å². The van der Waals surface area contributed by atoms with Gasteiger partial charge in [0, 0.05) is 43.6 Å². The molecule has 158 valence electrons. The Hall–Kier alpha value is -2.91. The topological polar surface area (TPSA) is 109 Å². The maximum atomic E-state index is 11.8. The first kappa shape index (κ1) is 20.4. The average Bonchev–Trinajstić information content (AvgIpc) is 3.23. The van der Waals surface area contributed by atoms with Gasteiger partial charge >= 0.3 is 0 Å². The Labute approximate surface area is 179 Å². The molecule has 0 bridgehead atoms. The maximum Gasteiger partial charge on any atom is 0.254 e. The number of benzene rings is 1. The minimum absolute atomic E-state index is 0.142. The number of hydrogen-bond donors (Lipinski definition) is 3. The number of nitrogens with two attached hydrogens (primary N) is 1. The molecule has 0 saturated carbocycles. The molecule has 0 aliphatic carbocycles. The number of H-pyrrole nitrogens is 1. The smallest absolute Gasteiger partial charge is 0.254 e. The quantitative estimate of drug-likeness (QED) is 0.498. The molecule has 0 amide bonds. The standard InChI is InChI=1S/C21H26N6O2S/c1-29-12-9-23-20-24-16(14-30-20)21(15-5-3-2-4-6-15)7-10-27(11-8-21)17-13-18(28)26-19(22)25-17/h2-6,13-14H,7-12H2,1H3,(H,23,24)(H3,22,25,26,28). The number of thiazole rings is 1. The van der Waals surface area contributed by atoms with Crippen molar-refractivity contribution in [2.75, 3.05) is 49.3 Å². The Balaban J connectivity index is 1.60. The third-order valence-corrected chi connectivity index (χ3v) is 6.39. The van der Waals surface area contributed by atoms with Crippen molar-refractivity contribution in [3.63, 3.8) is 0 Å². The number of rotatable bonds is 7.